The molecule has 3 fully saturated rings. The van der Waals surface area contributed by atoms with E-state index in [0.717, 1.165) is 25.7 Å². The van der Waals surface area contributed by atoms with Gasteiger partial charge in [-0.25, -0.2) is 0 Å². The van der Waals surface area contributed by atoms with E-state index in [1.807, 2.05) is 6.92 Å². The van der Waals surface area contributed by atoms with Gasteiger partial charge in [-0.15, -0.1) is 0 Å². The highest BCUT2D eigenvalue weighted by atomic mass is 79.9. The molecule has 0 aromatic rings. The van der Waals surface area contributed by atoms with Gasteiger partial charge >= 0.3 is 5.97 Å². The van der Waals surface area contributed by atoms with E-state index in [9.17, 15) is 14.7 Å². The number of Topliss-reactive ketones (excluding diaryl/α,β-unsaturated/α-hetero) is 1. The van der Waals surface area contributed by atoms with Gasteiger partial charge in [-0.3, -0.25) is 9.59 Å². The minimum absolute atomic E-state index is 0.0673. The zero-order chi connectivity index (χ0) is 15.3. The third-order valence-electron chi connectivity index (χ3n) is 6.06. The smallest absolute Gasteiger partial charge is 0.319 e. The molecular formula is C16H23BrO4. The molecule has 4 nitrogen and oxygen atoms in total. The summed E-state index contributed by atoms with van der Waals surface area (Å²) in [6.07, 6.45) is 5.36. The molecule has 21 heavy (non-hydrogen) atoms. The Labute approximate surface area is 133 Å². The summed E-state index contributed by atoms with van der Waals surface area (Å²) in [5.41, 5.74) is -1.80. The first-order valence-electron chi connectivity index (χ1n) is 7.97. The third kappa shape index (κ3) is 1.96. The second-order valence-electron chi connectivity index (χ2n) is 6.98. The fraction of sp³-hybridized carbons (Fsp3) is 0.875. The van der Waals surface area contributed by atoms with Crippen molar-refractivity contribution in [1.82, 2.24) is 0 Å². The van der Waals surface area contributed by atoms with Gasteiger partial charge < -0.3 is 9.84 Å². The van der Waals surface area contributed by atoms with Crippen LogP contribution in [0, 0.1) is 17.3 Å². The van der Waals surface area contributed by atoms with E-state index in [0.29, 0.717) is 11.8 Å². The summed E-state index contributed by atoms with van der Waals surface area (Å²) in [5, 5.41) is 11.6. The number of carbonyl (C=O) groups is 2. The SMILES string of the molecule is C[C@@]12OC(=O)[C@]1([C@@H](O)C1CCCCC1)CC(=O)[C@@H]2CCBr. The molecular weight excluding hydrogens is 336 g/mol. The molecule has 118 valence electrons. The molecule has 0 aromatic heterocycles. The van der Waals surface area contributed by atoms with Gasteiger partial charge in [-0.2, -0.15) is 0 Å². The lowest BCUT2D eigenvalue weighted by Gasteiger charge is -2.56. The summed E-state index contributed by atoms with van der Waals surface area (Å²) < 4.78 is 5.46. The van der Waals surface area contributed by atoms with E-state index < -0.39 is 17.1 Å². The molecule has 0 radical (unpaired) electrons. The van der Waals surface area contributed by atoms with Crippen LogP contribution >= 0.6 is 15.9 Å². The molecule has 4 atom stereocenters. The van der Waals surface area contributed by atoms with Crippen LogP contribution in [0.4, 0.5) is 0 Å². The Kier molecular flexibility index (Phi) is 3.93. The maximum atomic E-state index is 12.4. The highest BCUT2D eigenvalue weighted by Crippen LogP contribution is 2.63. The number of halogens is 1. The van der Waals surface area contributed by atoms with Crippen molar-refractivity contribution in [1.29, 1.82) is 0 Å². The molecule has 0 aromatic carbocycles. The molecule has 1 saturated heterocycles. The molecule has 1 N–H and O–H groups in total. The standard InChI is InChI=1S/C16H23BrO4/c1-15-11(7-8-17)12(18)9-16(15,14(20)21-15)13(19)10-5-3-2-4-6-10/h10-11,13,19H,2-9H2,1H3/t11-,13-,15-,16+/m0/s1. The second-order valence-corrected chi connectivity index (χ2v) is 7.78. The largest absolute Gasteiger partial charge is 0.457 e. The Morgan fingerprint density at radius 2 is 2.00 bits per heavy atom. The van der Waals surface area contributed by atoms with Crippen molar-refractivity contribution in [3.05, 3.63) is 0 Å². The molecule has 3 rings (SSSR count). The number of rotatable bonds is 4. The number of ether oxygens (including phenoxy) is 1. The van der Waals surface area contributed by atoms with Crippen molar-refractivity contribution in [2.45, 2.75) is 63.6 Å². The average Bonchev–Trinajstić information content (AvgIpc) is 2.65. The van der Waals surface area contributed by atoms with E-state index in [-0.39, 0.29) is 30.0 Å². The van der Waals surface area contributed by atoms with Crippen molar-refractivity contribution in [3.8, 4) is 0 Å². The predicted molar refractivity (Wildman–Crippen MR) is 81.0 cm³/mol. The predicted octanol–water partition coefficient (Wildman–Crippen LogP) is 2.60. The number of carbonyl (C=O) groups excluding carboxylic acids is 2. The molecule has 2 aliphatic carbocycles. The summed E-state index contributed by atoms with van der Waals surface area (Å²) in [5.74, 6) is -0.458. The van der Waals surface area contributed by atoms with Crippen molar-refractivity contribution >= 4 is 27.7 Å². The minimum atomic E-state index is -0.987. The first kappa shape index (κ1) is 15.5. The molecule has 1 aliphatic heterocycles. The highest BCUT2D eigenvalue weighted by molar-refractivity contribution is 9.09. The number of ketones is 1. The van der Waals surface area contributed by atoms with Crippen LogP contribution in [0.1, 0.15) is 51.9 Å². The molecule has 1 heterocycles. The highest BCUT2D eigenvalue weighted by Gasteiger charge is 2.78. The van der Waals surface area contributed by atoms with E-state index in [1.54, 1.807) is 0 Å². The van der Waals surface area contributed by atoms with E-state index in [1.165, 1.54) is 6.42 Å². The number of hydrogen-bond donors (Lipinski definition) is 1. The van der Waals surface area contributed by atoms with E-state index >= 15 is 0 Å². The van der Waals surface area contributed by atoms with Gasteiger partial charge in [0.2, 0.25) is 0 Å². The maximum Gasteiger partial charge on any atom is 0.319 e. The fourth-order valence-corrected chi connectivity index (χ4v) is 5.24. The first-order chi connectivity index (χ1) is 9.97. The van der Waals surface area contributed by atoms with Crippen molar-refractivity contribution in [2.75, 3.05) is 5.33 Å². The van der Waals surface area contributed by atoms with Gasteiger partial charge in [-0.1, -0.05) is 35.2 Å². The lowest BCUT2D eigenvalue weighted by Crippen LogP contribution is -2.70. The summed E-state index contributed by atoms with van der Waals surface area (Å²) in [6, 6.07) is 0. The van der Waals surface area contributed by atoms with Crippen LogP contribution < -0.4 is 0 Å². The summed E-state index contributed by atoms with van der Waals surface area (Å²) in [7, 11) is 0. The van der Waals surface area contributed by atoms with Gasteiger partial charge in [0, 0.05) is 11.8 Å². The molecule has 0 bridgehead atoms. The van der Waals surface area contributed by atoms with Gasteiger partial charge in [0.25, 0.3) is 0 Å². The van der Waals surface area contributed by atoms with Gasteiger partial charge in [0.15, 0.2) is 0 Å². The number of fused-ring (bicyclic) bond motifs is 1. The van der Waals surface area contributed by atoms with Crippen LogP contribution in [0.3, 0.4) is 0 Å². The normalized spacial score (nSPS) is 41.4. The van der Waals surface area contributed by atoms with Crippen molar-refractivity contribution < 1.29 is 19.4 Å². The van der Waals surface area contributed by atoms with Crippen molar-refractivity contribution in [2.24, 2.45) is 17.3 Å². The molecule has 2 saturated carbocycles. The van der Waals surface area contributed by atoms with Crippen LogP contribution in [0.25, 0.3) is 0 Å². The third-order valence-corrected chi connectivity index (χ3v) is 6.52. The second kappa shape index (κ2) is 5.34. The zero-order valence-electron chi connectivity index (χ0n) is 12.4. The van der Waals surface area contributed by atoms with E-state index in [2.05, 4.69) is 15.9 Å². The van der Waals surface area contributed by atoms with Crippen LogP contribution in [0.2, 0.25) is 0 Å². The number of aliphatic hydroxyl groups is 1. The molecule has 3 aliphatic rings. The van der Waals surface area contributed by atoms with E-state index in [4.69, 9.17) is 4.74 Å². The van der Waals surface area contributed by atoms with Crippen LogP contribution in [-0.2, 0) is 14.3 Å². The van der Waals surface area contributed by atoms with Gasteiger partial charge in [-0.05, 0) is 32.1 Å². The molecule has 0 spiro atoms. The summed E-state index contributed by atoms with van der Waals surface area (Å²) in [4.78, 5) is 24.7. The summed E-state index contributed by atoms with van der Waals surface area (Å²) >= 11 is 3.37. The lowest BCUT2D eigenvalue weighted by atomic mass is 9.60. The van der Waals surface area contributed by atoms with Crippen LogP contribution in [0.15, 0.2) is 0 Å². The molecule has 0 amide bonds. The topological polar surface area (TPSA) is 63.6 Å². The monoisotopic (exact) mass is 358 g/mol. The zero-order valence-corrected chi connectivity index (χ0v) is 14.0. The molecule has 0 unspecified atom stereocenters. The van der Waals surface area contributed by atoms with Gasteiger partial charge in [0.1, 0.15) is 16.8 Å². The quantitative estimate of drug-likeness (QED) is 0.619. The minimum Gasteiger partial charge on any atom is -0.457 e. The Morgan fingerprint density at radius 1 is 1.33 bits per heavy atom. The first-order valence-corrected chi connectivity index (χ1v) is 9.09. The van der Waals surface area contributed by atoms with Crippen molar-refractivity contribution in [3.63, 3.8) is 0 Å². The Balaban J connectivity index is 1.90. The lowest BCUT2D eigenvalue weighted by molar-refractivity contribution is -0.265. The number of hydrogen-bond acceptors (Lipinski definition) is 4. The van der Waals surface area contributed by atoms with Crippen LogP contribution in [-0.4, -0.2) is 33.9 Å². The molecule has 5 heteroatoms. The Hall–Kier alpha value is -0.420. The fourth-order valence-electron chi connectivity index (χ4n) is 4.78. The average molecular weight is 359 g/mol. The Morgan fingerprint density at radius 3 is 2.57 bits per heavy atom. The Bertz CT molecular complexity index is 459. The number of esters is 1. The number of alkyl halides is 1. The van der Waals surface area contributed by atoms with Crippen LogP contribution in [0.5, 0.6) is 0 Å². The maximum absolute atomic E-state index is 12.4. The summed E-state index contributed by atoms with van der Waals surface area (Å²) in [6.45, 7) is 1.85. The van der Waals surface area contributed by atoms with Gasteiger partial charge in [0.05, 0.1) is 12.0 Å². The number of aliphatic hydroxyl groups excluding tert-OH is 1.